The standard InChI is InChI=1S/C12H11ClN6O/c13-10-6-9(4-3-8(10)2-1-5-14)12(20)15-7-11-16-18-19-17-11/h3-4,6H,5,7,14H2,(H,15,20)(H,16,17,18,19). The van der Waals surface area contributed by atoms with Crippen molar-refractivity contribution >= 4 is 17.5 Å². The third-order valence-corrected chi connectivity index (χ3v) is 2.67. The first-order chi connectivity index (χ1) is 9.70. The molecule has 4 N–H and O–H groups in total. The predicted molar refractivity (Wildman–Crippen MR) is 72.7 cm³/mol. The van der Waals surface area contributed by atoms with Crippen LogP contribution in [0.3, 0.4) is 0 Å². The molecule has 20 heavy (non-hydrogen) atoms. The first-order valence-corrected chi connectivity index (χ1v) is 6.07. The number of nitrogens with one attached hydrogen (secondary N) is 2. The Morgan fingerprint density at radius 1 is 1.50 bits per heavy atom. The van der Waals surface area contributed by atoms with Crippen LogP contribution in [0, 0.1) is 11.8 Å². The van der Waals surface area contributed by atoms with Gasteiger partial charge in [-0.05, 0) is 18.2 Å². The maximum absolute atomic E-state index is 11.9. The summed E-state index contributed by atoms with van der Waals surface area (Å²) in [5.41, 5.74) is 6.35. The third kappa shape index (κ3) is 3.54. The molecule has 2 rings (SSSR count). The highest BCUT2D eigenvalue weighted by Crippen LogP contribution is 2.17. The number of carbonyl (C=O) groups is 1. The molecule has 8 heteroatoms. The monoisotopic (exact) mass is 290 g/mol. The van der Waals surface area contributed by atoms with Gasteiger partial charge in [-0.3, -0.25) is 4.79 Å². The lowest BCUT2D eigenvalue weighted by Gasteiger charge is -2.04. The van der Waals surface area contributed by atoms with E-state index in [1.807, 2.05) is 0 Å². The minimum atomic E-state index is -0.282. The highest BCUT2D eigenvalue weighted by molar-refractivity contribution is 6.32. The molecule has 0 aliphatic heterocycles. The Bertz CT molecular complexity index is 658. The van der Waals surface area contributed by atoms with E-state index in [-0.39, 0.29) is 19.0 Å². The van der Waals surface area contributed by atoms with Gasteiger partial charge in [-0.2, -0.15) is 5.21 Å². The molecule has 0 fully saturated rings. The van der Waals surface area contributed by atoms with Gasteiger partial charge in [-0.1, -0.05) is 28.7 Å². The molecule has 0 bridgehead atoms. The molecule has 0 spiro atoms. The van der Waals surface area contributed by atoms with Gasteiger partial charge in [-0.25, -0.2) is 0 Å². The fraction of sp³-hybridized carbons (Fsp3) is 0.167. The average Bonchev–Trinajstić information content (AvgIpc) is 2.96. The minimum Gasteiger partial charge on any atom is -0.345 e. The lowest BCUT2D eigenvalue weighted by Crippen LogP contribution is -2.23. The molecule has 102 valence electrons. The van der Waals surface area contributed by atoms with Crippen molar-refractivity contribution in [3.63, 3.8) is 0 Å². The van der Waals surface area contributed by atoms with Crippen molar-refractivity contribution in [2.24, 2.45) is 5.73 Å². The Hall–Kier alpha value is -2.43. The quantitative estimate of drug-likeness (QED) is 0.694. The number of benzene rings is 1. The van der Waals surface area contributed by atoms with Crippen LogP contribution in [-0.2, 0) is 6.54 Å². The second-order valence-electron chi connectivity index (χ2n) is 3.71. The predicted octanol–water partition coefficient (Wildman–Crippen LogP) is 0.0933. The van der Waals surface area contributed by atoms with E-state index in [1.54, 1.807) is 18.2 Å². The van der Waals surface area contributed by atoms with Gasteiger partial charge in [0.1, 0.15) is 0 Å². The third-order valence-electron chi connectivity index (χ3n) is 2.35. The summed E-state index contributed by atoms with van der Waals surface area (Å²) in [5, 5.41) is 16.2. The van der Waals surface area contributed by atoms with Crippen molar-refractivity contribution < 1.29 is 4.79 Å². The zero-order chi connectivity index (χ0) is 14.4. The van der Waals surface area contributed by atoms with Crippen molar-refractivity contribution in [1.29, 1.82) is 0 Å². The SMILES string of the molecule is NCC#Cc1ccc(C(=O)NCc2nn[nH]n2)cc1Cl. The number of nitrogens with two attached hydrogens (primary N) is 1. The Morgan fingerprint density at radius 2 is 2.35 bits per heavy atom. The lowest BCUT2D eigenvalue weighted by atomic mass is 10.1. The summed E-state index contributed by atoms with van der Waals surface area (Å²) >= 11 is 6.05. The van der Waals surface area contributed by atoms with Crippen LogP contribution in [-0.4, -0.2) is 33.1 Å². The Kier molecular flexibility index (Phi) is 4.65. The number of aromatic amines is 1. The fourth-order valence-electron chi connectivity index (χ4n) is 1.42. The van der Waals surface area contributed by atoms with E-state index in [4.69, 9.17) is 17.3 Å². The van der Waals surface area contributed by atoms with E-state index < -0.39 is 0 Å². The molecule has 0 saturated heterocycles. The Balaban J connectivity index is 2.05. The van der Waals surface area contributed by atoms with Crippen molar-refractivity contribution in [3.8, 4) is 11.8 Å². The first-order valence-electron chi connectivity index (χ1n) is 5.69. The number of H-pyrrole nitrogens is 1. The second-order valence-corrected chi connectivity index (χ2v) is 4.12. The molecule has 7 nitrogen and oxygen atoms in total. The van der Waals surface area contributed by atoms with E-state index in [1.165, 1.54) is 0 Å². The summed E-state index contributed by atoms with van der Waals surface area (Å²) in [6.07, 6.45) is 0. The van der Waals surface area contributed by atoms with E-state index in [2.05, 4.69) is 37.8 Å². The number of tetrazole rings is 1. The molecule has 2 aromatic rings. The van der Waals surface area contributed by atoms with Gasteiger partial charge in [0.05, 0.1) is 18.1 Å². The molecule has 0 aliphatic rings. The molecular weight excluding hydrogens is 280 g/mol. The summed E-state index contributed by atoms with van der Waals surface area (Å²) in [6, 6.07) is 4.86. The fourth-order valence-corrected chi connectivity index (χ4v) is 1.65. The Morgan fingerprint density at radius 3 is 3.00 bits per heavy atom. The maximum Gasteiger partial charge on any atom is 0.251 e. The van der Waals surface area contributed by atoms with Crippen LogP contribution in [0.4, 0.5) is 0 Å². The smallest absolute Gasteiger partial charge is 0.251 e. The number of halogens is 1. The number of rotatable bonds is 3. The van der Waals surface area contributed by atoms with Crippen molar-refractivity contribution in [3.05, 3.63) is 40.2 Å². The van der Waals surface area contributed by atoms with Crippen LogP contribution in [0.25, 0.3) is 0 Å². The zero-order valence-electron chi connectivity index (χ0n) is 10.4. The number of amides is 1. The minimum absolute atomic E-state index is 0.182. The van der Waals surface area contributed by atoms with Gasteiger partial charge in [-0.15, -0.1) is 10.2 Å². The number of aromatic nitrogens is 4. The molecule has 0 aliphatic carbocycles. The summed E-state index contributed by atoms with van der Waals surface area (Å²) in [5.74, 6) is 5.64. The molecule has 0 radical (unpaired) electrons. The van der Waals surface area contributed by atoms with Crippen LogP contribution in [0.1, 0.15) is 21.7 Å². The van der Waals surface area contributed by atoms with Crippen molar-refractivity contribution in [2.45, 2.75) is 6.54 Å². The average molecular weight is 291 g/mol. The molecule has 0 atom stereocenters. The second kappa shape index (κ2) is 6.65. The van der Waals surface area contributed by atoms with Crippen LogP contribution >= 0.6 is 11.6 Å². The topological polar surface area (TPSA) is 110 Å². The van der Waals surface area contributed by atoms with Crippen LogP contribution < -0.4 is 11.1 Å². The summed E-state index contributed by atoms with van der Waals surface area (Å²) in [7, 11) is 0. The lowest BCUT2D eigenvalue weighted by molar-refractivity contribution is 0.0950. The number of carbonyl (C=O) groups excluding carboxylic acids is 1. The van der Waals surface area contributed by atoms with Gasteiger partial charge in [0.2, 0.25) is 0 Å². The molecule has 0 unspecified atom stereocenters. The first kappa shape index (κ1) is 14.0. The maximum atomic E-state index is 11.9. The van der Waals surface area contributed by atoms with E-state index in [9.17, 15) is 4.79 Å². The summed E-state index contributed by atoms with van der Waals surface area (Å²) in [6.45, 7) is 0.435. The molecule has 1 aromatic heterocycles. The molecule has 1 heterocycles. The molecule has 1 aromatic carbocycles. The molecular formula is C12H11ClN6O. The van der Waals surface area contributed by atoms with Crippen LogP contribution in [0.15, 0.2) is 18.2 Å². The van der Waals surface area contributed by atoms with Gasteiger partial charge in [0, 0.05) is 11.1 Å². The zero-order valence-corrected chi connectivity index (χ0v) is 11.1. The molecule has 1 amide bonds. The normalized spacial score (nSPS) is 9.70. The van der Waals surface area contributed by atoms with E-state index >= 15 is 0 Å². The number of nitrogens with zero attached hydrogens (tertiary/aromatic N) is 3. The Labute approximate surface area is 119 Å². The number of hydrogen-bond donors (Lipinski definition) is 3. The summed E-state index contributed by atoms with van der Waals surface area (Å²) in [4.78, 5) is 11.9. The van der Waals surface area contributed by atoms with Crippen LogP contribution in [0.5, 0.6) is 0 Å². The van der Waals surface area contributed by atoms with Gasteiger partial charge in [0.15, 0.2) is 5.82 Å². The highest BCUT2D eigenvalue weighted by Gasteiger charge is 2.09. The summed E-state index contributed by atoms with van der Waals surface area (Å²) < 4.78 is 0. The van der Waals surface area contributed by atoms with E-state index in [0.717, 1.165) is 0 Å². The van der Waals surface area contributed by atoms with Gasteiger partial charge in [0.25, 0.3) is 5.91 Å². The van der Waals surface area contributed by atoms with Gasteiger partial charge >= 0.3 is 0 Å². The molecule has 0 saturated carbocycles. The highest BCUT2D eigenvalue weighted by atomic mass is 35.5. The van der Waals surface area contributed by atoms with E-state index in [0.29, 0.717) is 22.0 Å². The van der Waals surface area contributed by atoms with Crippen LogP contribution in [0.2, 0.25) is 5.02 Å². The van der Waals surface area contributed by atoms with Crippen molar-refractivity contribution in [1.82, 2.24) is 25.9 Å². The number of hydrogen-bond acceptors (Lipinski definition) is 5. The largest absolute Gasteiger partial charge is 0.345 e. The van der Waals surface area contributed by atoms with Gasteiger partial charge < -0.3 is 11.1 Å². The van der Waals surface area contributed by atoms with Crippen molar-refractivity contribution in [2.75, 3.05) is 6.54 Å².